The molecule has 1 heterocycles. The van der Waals surface area contributed by atoms with E-state index in [1.807, 2.05) is 6.92 Å². The maximum absolute atomic E-state index is 10.8. The predicted molar refractivity (Wildman–Crippen MR) is 81.3 cm³/mol. The van der Waals surface area contributed by atoms with Crippen LogP contribution in [0.25, 0.3) is 0 Å². The van der Waals surface area contributed by atoms with Crippen molar-refractivity contribution in [3.63, 3.8) is 0 Å². The van der Waals surface area contributed by atoms with Crippen molar-refractivity contribution < 1.29 is 9.90 Å². The maximum atomic E-state index is 10.8. The van der Waals surface area contributed by atoms with E-state index in [4.69, 9.17) is 41.0 Å². The standard InChI is InChI=1S/C12H15N3O2S2/c1-6(12(2,10(13)18)11(14)19)7-3-4-8(9(16)17)15-5-7/h3-6H,1-2H3,(H2,13,18)(H2,14,19)(H,16,17). The highest BCUT2D eigenvalue weighted by Gasteiger charge is 2.38. The van der Waals surface area contributed by atoms with Crippen LogP contribution < -0.4 is 11.5 Å². The van der Waals surface area contributed by atoms with Crippen LogP contribution in [0.3, 0.4) is 0 Å². The summed E-state index contributed by atoms with van der Waals surface area (Å²) in [7, 11) is 0. The molecule has 1 unspecified atom stereocenters. The SMILES string of the molecule is CC(c1ccc(C(=O)O)nc1)C(C)(C(N)=S)C(N)=S. The van der Waals surface area contributed by atoms with Gasteiger partial charge >= 0.3 is 5.97 Å². The van der Waals surface area contributed by atoms with Crippen molar-refractivity contribution in [3.05, 3.63) is 29.6 Å². The van der Waals surface area contributed by atoms with Crippen LogP contribution in [0.4, 0.5) is 0 Å². The average Bonchev–Trinajstić information content (AvgIpc) is 2.36. The van der Waals surface area contributed by atoms with E-state index in [1.165, 1.54) is 12.3 Å². The normalized spacial score (nSPS) is 12.7. The van der Waals surface area contributed by atoms with E-state index in [9.17, 15) is 4.79 Å². The summed E-state index contributed by atoms with van der Waals surface area (Å²) in [6, 6.07) is 3.09. The number of carboxylic acids is 1. The van der Waals surface area contributed by atoms with Crippen LogP contribution in [-0.2, 0) is 0 Å². The lowest BCUT2D eigenvalue weighted by Crippen LogP contribution is -2.47. The van der Waals surface area contributed by atoms with Gasteiger partial charge in [-0.25, -0.2) is 9.78 Å². The fraction of sp³-hybridized carbons (Fsp3) is 0.333. The van der Waals surface area contributed by atoms with Crippen molar-refractivity contribution in [1.82, 2.24) is 4.98 Å². The summed E-state index contributed by atoms with van der Waals surface area (Å²) in [4.78, 5) is 15.0. The molecule has 0 aromatic carbocycles. The number of rotatable bonds is 5. The zero-order valence-electron chi connectivity index (χ0n) is 10.6. The summed E-state index contributed by atoms with van der Waals surface area (Å²) in [5, 5.41) is 8.81. The molecule has 0 spiro atoms. The van der Waals surface area contributed by atoms with E-state index in [1.54, 1.807) is 13.0 Å². The third-order valence-corrected chi connectivity index (χ3v) is 4.24. The minimum Gasteiger partial charge on any atom is -0.477 e. The lowest BCUT2D eigenvalue weighted by atomic mass is 9.74. The third kappa shape index (κ3) is 2.87. The van der Waals surface area contributed by atoms with Gasteiger partial charge in [0, 0.05) is 12.1 Å². The molecule has 5 N–H and O–H groups in total. The van der Waals surface area contributed by atoms with Gasteiger partial charge in [-0.05, 0) is 18.6 Å². The minimum absolute atomic E-state index is 0.0247. The van der Waals surface area contributed by atoms with Crippen LogP contribution in [0.2, 0.25) is 0 Å². The van der Waals surface area contributed by atoms with Gasteiger partial charge in [0.2, 0.25) is 0 Å². The smallest absolute Gasteiger partial charge is 0.354 e. The number of nitrogens with zero attached hydrogens (tertiary/aromatic N) is 1. The van der Waals surface area contributed by atoms with Crippen molar-refractivity contribution in [1.29, 1.82) is 0 Å². The molecule has 0 bridgehead atoms. The second-order valence-corrected chi connectivity index (χ2v) is 5.31. The predicted octanol–water partition coefficient (Wildman–Crippen LogP) is 1.46. The topological polar surface area (TPSA) is 102 Å². The number of hydrogen-bond acceptors (Lipinski definition) is 4. The Hall–Kier alpha value is -1.60. The van der Waals surface area contributed by atoms with Crippen molar-refractivity contribution in [3.8, 4) is 0 Å². The molecule has 0 aliphatic heterocycles. The van der Waals surface area contributed by atoms with Gasteiger partial charge in [0.1, 0.15) is 5.69 Å². The Bertz CT molecular complexity index is 514. The average molecular weight is 297 g/mol. The van der Waals surface area contributed by atoms with Gasteiger partial charge in [0.05, 0.1) is 15.4 Å². The van der Waals surface area contributed by atoms with Crippen LogP contribution in [-0.4, -0.2) is 26.0 Å². The van der Waals surface area contributed by atoms with E-state index < -0.39 is 11.4 Å². The first-order valence-corrected chi connectivity index (χ1v) is 6.32. The Kier molecular flexibility index (Phi) is 4.54. The van der Waals surface area contributed by atoms with Gasteiger partial charge in [0.25, 0.3) is 0 Å². The number of aromatic nitrogens is 1. The second-order valence-electron chi connectivity index (χ2n) is 4.43. The molecule has 1 aromatic heterocycles. The number of carbonyl (C=O) groups is 1. The fourth-order valence-corrected chi connectivity index (χ4v) is 2.31. The first-order chi connectivity index (χ1) is 8.71. The fourth-order valence-electron chi connectivity index (χ4n) is 1.67. The number of hydrogen-bond donors (Lipinski definition) is 3. The van der Waals surface area contributed by atoms with E-state index in [0.717, 1.165) is 5.56 Å². The molecule has 0 aliphatic carbocycles. The monoisotopic (exact) mass is 297 g/mol. The van der Waals surface area contributed by atoms with Crippen LogP contribution >= 0.6 is 24.4 Å². The molecule has 0 saturated carbocycles. The van der Waals surface area contributed by atoms with Gasteiger partial charge in [-0.2, -0.15) is 0 Å². The van der Waals surface area contributed by atoms with Crippen LogP contribution in [0, 0.1) is 5.41 Å². The molecule has 0 amide bonds. The molecular formula is C12H15N3O2S2. The zero-order chi connectivity index (χ0) is 14.8. The summed E-state index contributed by atoms with van der Waals surface area (Å²) < 4.78 is 0. The Morgan fingerprint density at radius 2 is 1.89 bits per heavy atom. The number of aromatic carboxylic acids is 1. The first-order valence-electron chi connectivity index (χ1n) is 5.50. The number of nitrogens with two attached hydrogens (primary N) is 2. The van der Waals surface area contributed by atoms with Crippen molar-refractivity contribution >= 4 is 40.4 Å². The molecule has 0 aliphatic rings. The molecule has 102 valence electrons. The molecule has 0 fully saturated rings. The quantitative estimate of drug-likeness (QED) is 0.707. The van der Waals surface area contributed by atoms with Gasteiger partial charge < -0.3 is 16.6 Å². The molecule has 1 rings (SSSR count). The molecule has 1 aromatic rings. The summed E-state index contributed by atoms with van der Waals surface area (Å²) in [5.41, 5.74) is 11.4. The Labute approximate surface area is 122 Å². The number of pyridine rings is 1. The largest absolute Gasteiger partial charge is 0.477 e. The van der Waals surface area contributed by atoms with Crippen molar-refractivity contribution in [2.45, 2.75) is 19.8 Å². The van der Waals surface area contributed by atoms with E-state index in [-0.39, 0.29) is 21.6 Å². The Balaban J connectivity index is 3.18. The number of carboxylic acid groups (broad SMARTS) is 1. The molecular weight excluding hydrogens is 282 g/mol. The van der Waals surface area contributed by atoms with Crippen molar-refractivity contribution in [2.24, 2.45) is 16.9 Å². The summed E-state index contributed by atoms with van der Waals surface area (Å²) >= 11 is 10.1. The highest BCUT2D eigenvalue weighted by molar-refractivity contribution is 7.82. The van der Waals surface area contributed by atoms with Crippen LogP contribution in [0.15, 0.2) is 18.3 Å². The zero-order valence-corrected chi connectivity index (χ0v) is 12.2. The molecule has 1 atom stereocenters. The lowest BCUT2D eigenvalue weighted by Gasteiger charge is -2.33. The Morgan fingerprint density at radius 1 is 1.37 bits per heavy atom. The highest BCUT2D eigenvalue weighted by atomic mass is 32.1. The Morgan fingerprint density at radius 3 is 2.21 bits per heavy atom. The van der Waals surface area contributed by atoms with Gasteiger partial charge in [0.15, 0.2) is 0 Å². The molecule has 0 radical (unpaired) electrons. The highest BCUT2D eigenvalue weighted by Crippen LogP contribution is 2.36. The van der Waals surface area contributed by atoms with Crippen LogP contribution in [0.1, 0.15) is 35.8 Å². The van der Waals surface area contributed by atoms with E-state index >= 15 is 0 Å². The second kappa shape index (κ2) is 5.58. The van der Waals surface area contributed by atoms with E-state index in [0.29, 0.717) is 0 Å². The molecule has 7 heteroatoms. The minimum atomic E-state index is -1.08. The van der Waals surface area contributed by atoms with Gasteiger partial charge in [-0.3, -0.25) is 0 Å². The van der Waals surface area contributed by atoms with Gasteiger partial charge in [-0.1, -0.05) is 37.4 Å². The first kappa shape index (κ1) is 15.5. The number of thiocarbonyl (C=S) groups is 2. The third-order valence-electron chi connectivity index (χ3n) is 3.40. The maximum Gasteiger partial charge on any atom is 0.354 e. The summed E-state index contributed by atoms with van der Waals surface area (Å²) in [6.45, 7) is 3.64. The summed E-state index contributed by atoms with van der Waals surface area (Å²) in [5.74, 6) is -1.27. The van der Waals surface area contributed by atoms with E-state index in [2.05, 4.69) is 4.98 Å². The molecule has 0 saturated heterocycles. The van der Waals surface area contributed by atoms with Crippen molar-refractivity contribution in [2.75, 3.05) is 0 Å². The molecule has 5 nitrogen and oxygen atoms in total. The van der Waals surface area contributed by atoms with Gasteiger partial charge in [-0.15, -0.1) is 0 Å². The summed E-state index contributed by atoms with van der Waals surface area (Å²) in [6.07, 6.45) is 1.48. The lowest BCUT2D eigenvalue weighted by molar-refractivity contribution is 0.0690. The van der Waals surface area contributed by atoms with Crippen LogP contribution in [0.5, 0.6) is 0 Å². The molecule has 19 heavy (non-hydrogen) atoms.